The van der Waals surface area contributed by atoms with E-state index in [1.54, 1.807) is 42.5 Å². The first-order chi connectivity index (χ1) is 16.1. The van der Waals surface area contributed by atoms with Gasteiger partial charge in [0, 0.05) is 20.6 Å². The number of carbonyl (C=O) groups is 1. The zero-order chi connectivity index (χ0) is 24.6. The molecule has 0 aliphatic heterocycles. The number of fused-ring (bicyclic) bond motifs is 1. The molecule has 0 spiro atoms. The molecule has 0 saturated heterocycles. The number of ether oxygens (including phenoxy) is 1. The first kappa shape index (κ1) is 24.4. The molecule has 0 aliphatic carbocycles. The number of amides is 1. The second kappa shape index (κ2) is 9.88. The van der Waals surface area contributed by atoms with Gasteiger partial charge in [0.2, 0.25) is 11.2 Å². The number of rotatable bonds is 5. The first-order valence-corrected chi connectivity index (χ1v) is 11.6. The molecule has 1 amide bonds. The molecule has 1 atom stereocenters. The summed E-state index contributed by atoms with van der Waals surface area (Å²) in [4.78, 5) is 26.3. The number of benzene rings is 3. The maximum absolute atomic E-state index is 13.4. The van der Waals surface area contributed by atoms with Crippen LogP contribution >= 0.6 is 46.4 Å². The molecule has 4 aromatic rings. The lowest BCUT2D eigenvalue weighted by atomic mass is 10.1. The Balaban J connectivity index is 1.77. The quantitative estimate of drug-likeness (QED) is 0.282. The summed E-state index contributed by atoms with van der Waals surface area (Å²) in [5, 5.41) is 4.53. The Kier molecular flexibility index (Phi) is 7.10. The summed E-state index contributed by atoms with van der Waals surface area (Å²) in [5.41, 5.74) is 1.50. The van der Waals surface area contributed by atoms with E-state index in [4.69, 9.17) is 55.6 Å². The largest absolute Gasteiger partial charge is 0.473 e. The summed E-state index contributed by atoms with van der Waals surface area (Å²) in [7, 11) is 0. The van der Waals surface area contributed by atoms with Gasteiger partial charge in [-0.15, -0.1) is 0 Å². The second-order valence-electron chi connectivity index (χ2n) is 7.57. The summed E-state index contributed by atoms with van der Waals surface area (Å²) >= 11 is 24.4. The number of nitrogens with one attached hydrogen (secondary N) is 1. The van der Waals surface area contributed by atoms with Gasteiger partial charge in [-0.2, -0.15) is 0 Å². The smallest absolute Gasteiger partial charge is 0.265 e. The highest BCUT2D eigenvalue weighted by atomic mass is 35.5. The number of anilines is 1. The van der Waals surface area contributed by atoms with Gasteiger partial charge in [0.25, 0.3) is 5.91 Å². The zero-order valence-electron chi connectivity index (χ0n) is 17.9. The average Bonchev–Trinajstić information content (AvgIpc) is 2.80. The Labute approximate surface area is 215 Å². The fraction of sp³-hybridized carbons (Fsp3) is 0.120. The van der Waals surface area contributed by atoms with Crippen LogP contribution in [0, 0.1) is 6.92 Å². The summed E-state index contributed by atoms with van der Waals surface area (Å²) < 4.78 is 11.9. The summed E-state index contributed by atoms with van der Waals surface area (Å²) in [6, 6.07) is 14.6. The molecule has 4 rings (SSSR count). The van der Waals surface area contributed by atoms with Crippen molar-refractivity contribution in [3.8, 4) is 17.1 Å². The minimum Gasteiger partial charge on any atom is -0.473 e. The Morgan fingerprint density at radius 3 is 2.32 bits per heavy atom. The third-order valence-corrected chi connectivity index (χ3v) is 6.31. The molecule has 34 heavy (non-hydrogen) atoms. The summed E-state index contributed by atoms with van der Waals surface area (Å²) in [5.74, 6) is -0.501. The van der Waals surface area contributed by atoms with Gasteiger partial charge in [0.05, 0.1) is 16.1 Å². The van der Waals surface area contributed by atoms with Gasteiger partial charge >= 0.3 is 0 Å². The molecule has 3 aromatic carbocycles. The molecule has 0 bridgehead atoms. The van der Waals surface area contributed by atoms with Gasteiger partial charge in [0.1, 0.15) is 5.58 Å². The first-order valence-electron chi connectivity index (χ1n) is 10.1. The molecular weight excluding hydrogens is 520 g/mol. The van der Waals surface area contributed by atoms with Crippen molar-refractivity contribution in [2.45, 2.75) is 20.0 Å². The van der Waals surface area contributed by atoms with E-state index in [-0.39, 0.29) is 16.9 Å². The van der Waals surface area contributed by atoms with Crippen molar-refractivity contribution in [1.29, 1.82) is 0 Å². The van der Waals surface area contributed by atoms with Crippen molar-refractivity contribution in [1.82, 2.24) is 0 Å². The fourth-order valence-electron chi connectivity index (χ4n) is 3.25. The van der Waals surface area contributed by atoms with E-state index in [1.165, 1.54) is 19.1 Å². The molecule has 0 aliphatic rings. The Bertz CT molecular complexity index is 1460. The standard InChI is InChI=1S/C25H17Cl4NO4/c1-12-9-21-17(11-19(12)29)22(31)24(23(34-21)14-3-5-15(26)6-4-14)33-13(2)25(32)30-20-10-16(27)7-8-18(20)28/h3-11,13H,1-2H3,(H,30,32). The lowest BCUT2D eigenvalue weighted by Crippen LogP contribution is -2.32. The third-order valence-electron chi connectivity index (χ3n) is 5.09. The monoisotopic (exact) mass is 535 g/mol. The Hall–Kier alpha value is -2.70. The highest BCUT2D eigenvalue weighted by Gasteiger charge is 2.24. The van der Waals surface area contributed by atoms with Gasteiger partial charge in [-0.1, -0.05) is 46.4 Å². The maximum Gasteiger partial charge on any atom is 0.265 e. The molecule has 0 radical (unpaired) electrons. The number of aryl methyl sites for hydroxylation is 1. The van der Waals surface area contributed by atoms with Gasteiger partial charge in [-0.3, -0.25) is 9.59 Å². The maximum atomic E-state index is 13.4. The molecule has 174 valence electrons. The van der Waals surface area contributed by atoms with Crippen molar-refractivity contribution in [2.24, 2.45) is 0 Å². The molecule has 1 N–H and O–H groups in total. The molecular formula is C25H17Cl4NO4. The van der Waals surface area contributed by atoms with Crippen LogP contribution in [-0.4, -0.2) is 12.0 Å². The molecule has 0 fully saturated rings. The van der Waals surface area contributed by atoms with E-state index in [1.807, 2.05) is 6.92 Å². The zero-order valence-corrected chi connectivity index (χ0v) is 20.9. The summed E-state index contributed by atoms with van der Waals surface area (Å²) in [6.45, 7) is 3.31. The minimum absolute atomic E-state index is 0.130. The van der Waals surface area contributed by atoms with E-state index in [0.717, 1.165) is 5.56 Å². The predicted octanol–water partition coefficient (Wildman–Crippen LogP) is 7.79. The van der Waals surface area contributed by atoms with Crippen LogP contribution < -0.4 is 15.5 Å². The second-order valence-corrected chi connectivity index (χ2v) is 9.25. The SMILES string of the molecule is Cc1cc2oc(-c3ccc(Cl)cc3)c(OC(C)C(=O)Nc3cc(Cl)ccc3Cl)c(=O)c2cc1Cl. The molecule has 1 unspecified atom stereocenters. The van der Waals surface area contributed by atoms with Gasteiger partial charge in [-0.25, -0.2) is 0 Å². The van der Waals surface area contributed by atoms with Crippen LogP contribution in [-0.2, 0) is 4.79 Å². The number of hydrogen-bond donors (Lipinski definition) is 1. The highest BCUT2D eigenvalue weighted by molar-refractivity contribution is 6.35. The third kappa shape index (κ3) is 5.03. The minimum atomic E-state index is -1.08. The normalized spacial score (nSPS) is 11.9. The van der Waals surface area contributed by atoms with Crippen LogP contribution in [0.1, 0.15) is 12.5 Å². The van der Waals surface area contributed by atoms with Crippen LogP contribution in [0.5, 0.6) is 5.75 Å². The van der Waals surface area contributed by atoms with Crippen LogP contribution in [0.2, 0.25) is 20.1 Å². The van der Waals surface area contributed by atoms with Crippen molar-refractivity contribution >= 4 is 69.0 Å². The van der Waals surface area contributed by atoms with Crippen LogP contribution in [0.3, 0.4) is 0 Å². The molecule has 1 aromatic heterocycles. The van der Waals surface area contributed by atoms with Gasteiger partial charge in [-0.05, 0) is 74.0 Å². The van der Waals surface area contributed by atoms with Crippen molar-refractivity contribution in [2.75, 3.05) is 5.32 Å². The van der Waals surface area contributed by atoms with Crippen molar-refractivity contribution in [3.63, 3.8) is 0 Å². The molecule has 0 saturated carbocycles. The van der Waals surface area contributed by atoms with Crippen molar-refractivity contribution < 1.29 is 13.9 Å². The van der Waals surface area contributed by atoms with E-state index in [0.29, 0.717) is 36.9 Å². The van der Waals surface area contributed by atoms with Crippen LogP contribution in [0.15, 0.2) is 63.8 Å². The number of halogens is 4. The van der Waals surface area contributed by atoms with E-state index in [9.17, 15) is 9.59 Å². The topological polar surface area (TPSA) is 68.5 Å². The molecule has 9 heteroatoms. The lowest BCUT2D eigenvalue weighted by molar-refractivity contribution is -0.122. The fourth-order valence-corrected chi connectivity index (χ4v) is 3.88. The van der Waals surface area contributed by atoms with Gasteiger partial charge < -0.3 is 14.5 Å². The lowest BCUT2D eigenvalue weighted by Gasteiger charge is -2.17. The highest BCUT2D eigenvalue weighted by Crippen LogP contribution is 2.34. The molecule has 5 nitrogen and oxygen atoms in total. The Morgan fingerprint density at radius 2 is 1.62 bits per heavy atom. The Morgan fingerprint density at radius 1 is 0.941 bits per heavy atom. The van der Waals surface area contributed by atoms with Gasteiger partial charge in [0.15, 0.2) is 11.9 Å². The predicted molar refractivity (Wildman–Crippen MR) is 138 cm³/mol. The van der Waals surface area contributed by atoms with Crippen molar-refractivity contribution in [3.05, 3.63) is 90.5 Å². The average molecular weight is 537 g/mol. The van der Waals surface area contributed by atoms with E-state index >= 15 is 0 Å². The van der Waals surface area contributed by atoms with Crippen LogP contribution in [0.4, 0.5) is 5.69 Å². The molecule has 1 heterocycles. The number of hydrogen-bond acceptors (Lipinski definition) is 4. The number of carbonyl (C=O) groups excluding carboxylic acids is 1. The van der Waals surface area contributed by atoms with E-state index in [2.05, 4.69) is 5.32 Å². The summed E-state index contributed by atoms with van der Waals surface area (Å²) in [6.07, 6.45) is -1.08. The van der Waals surface area contributed by atoms with E-state index < -0.39 is 17.4 Å². The van der Waals surface area contributed by atoms with Crippen LogP contribution in [0.25, 0.3) is 22.3 Å².